The van der Waals surface area contributed by atoms with Crippen molar-refractivity contribution in [2.24, 2.45) is 5.73 Å². The molecular weight excluding hydrogens is 206 g/mol. The molecule has 0 aliphatic rings. The van der Waals surface area contributed by atoms with Gasteiger partial charge in [0, 0.05) is 0 Å². The second-order valence-corrected chi connectivity index (χ2v) is 4.37. The fourth-order valence-corrected chi connectivity index (χ4v) is 2.21. The average molecular weight is 225 g/mol. The summed E-state index contributed by atoms with van der Waals surface area (Å²) < 4.78 is 0. The van der Waals surface area contributed by atoms with Gasteiger partial charge in [-0.05, 0) is 36.4 Å². The van der Waals surface area contributed by atoms with Crippen molar-refractivity contribution in [2.45, 2.75) is 18.8 Å². The van der Waals surface area contributed by atoms with Gasteiger partial charge in [-0.3, -0.25) is 0 Å². The first-order chi connectivity index (χ1) is 8.40. The van der Waals surface area contributed by atoms with Crippen LogP contribution in [0.3, 0.4) is 0 Å². The summed E-state index contributed by atoms with van der Waals surface area (Å²) in [5, 5.41) is 0. The molecule has 88 valence electrons. The van der Waals surface area contributed by atoms with Crippen LogP contribution in [-0.4, -0.2) is 6.54 Å². The second kappa shape index (κ2) is 6.21. The summed E-state index contributed by atoms with van der Waals surface area (Å²) in [6.45, 7) is 0.742. The lowest BCUT2D eigenvalue weighted by molar-refractivity contribution is 0.630. The quantitative estimate of drug-likeness (QED) is 0.829. The Bertz CT molecular complexity index is 422. The van der Waals surface area contributed by atoms with Gasteiger partial charge in [-0.2, -0.15) is 0 Å². The Morgan fingerprint density at radius 2 is 1.41 bits per heavy atom. The third-order valence-electron chi connectivity index (χ3n) is 3.11. The third-order valence-corrected chi connectivity index (χ3v) is 3.11. The standard InChI is InChI=1S/C16H19N/c17-12-11-16(15-9-5-2-6-10-15)13-14-7-3-1-4-8-14/h1-10,16H,11-13,17H2. The van der Waals surface area contributed by atoms with Gasteiger partial charge in [0.05, 0.1) is 0 Å². The van der Waals surface area contributed by atoms with Crippen LogP contribution in [0.5, 0.6) is 0 Å². The summed E-state index contributed by atoms with van der Waals surface area (Å²) in [5.41, 5.74) is 8.50. The van der Waals surface area contributed by atoms with Gasteiger partial charge in [0.2, 0.25) is 0 Å². The lowest BCUT2D eigenvalue weighted by Gasteiger charge is -2.16. The molecule has 1 heteroatoms. The topological polar surface area (TPSA) is 26.0 Å². The molecule has 0 aliphatic heterocycles. The van der Waals surface area contributed by atoms with Crippen LogP contribution in [-0.2, 0) is 6.42 Å². The van der Waals surface area contributed by atoms with Crippen LogP contribution in [0, 0.1) is 0 Å². The molecule has 0 saturated heterocycles. The van der Waals surface area contributed by atoms with E-state index in [1.807, 2.05) is 0 Å². The normalized spacial score (nSPS) is 12.3. The summed E-state index contributed by atoms with van der Waals surface area (Å²) in [6.07, 6.45) is 2.11. The Morgan fingerprint density at radius 3 is 2.00 bits per heavy atom. The summed E-state index contributed by atoms with van der Waals surface area (Å²) >= 11 is 0. The Balaban J connectivity index is 2.13. The fourth-order valence-electron chi connectivity index (χ4n) is 2.21. The molecule has 1 atom stereocenters. The molecule has 0 aromatic heterocycles. The summed E-state index contributed by atoms with van der Waals surface area (Å²) in [4.78, 5) is 0. The van der Waals surface area contributed by atoms with E-state index in [1.54, 1.807) is 0 Å². The molecule has 0 saturated carbocycles. The maximum absolute atomic E-state index is 5.72. The minimum absolute atomic E-state index is 0.531. The predicted molar refractivity (Wildman–Crippen MR) is 73.0 cm³/mol. The number of rotatable bonds is 5. The van der Waals surface area contributed by atoms with Gasteiger partial charge in [0.25, 0.3) is 0 Å². The van der Waals surface area contributed by atoms with E-state index in [1.165, 1.54) is 11.1 Å². The molecule has 0 heterocycles. The first-order valence-corrected chi connectivity index (χ1v) is 6.19. The van der Waals surface area contributed by atoms with E-state index in [0.717, 1.165) is 19.4 Å². The van der Waals surface area contributed by atoms with E-state index in [-0.39, 0.29) is 0 Å². The zero-order valence-electron chi connectivity index (χ0n) is 10.0. The molecule has 0 fully saturated rings. The number of benzene rings is 2. The van der Waals surface area contributed by atoms with Crippen LogP contribution >= 0.6 is 0 Å². The average Bonchev–Trinajstić information content (AvgIpc) is 2.40. The van der Waals surface area contributed by atoms with Gasteiger partial charge < -0.3 is 5.73 Å². The molecule has 0 bridgehead atoms. The Morgan fingerprint density at radius 1 is 0.824 bits per heavy atom. The monoisotopic (exact) mass is 225 g/mol. The number of hydrogen-bond acceptors (Lipinski definition) is 1. The van der Waals surface area contributed by atoms with Crippen molar-refractivity contribution in [2.75, 3.05) is 6.54 Å². The lowest BCUT2D eigenvalue weighted by Crippen LogP contribution is -2.09. The van der Waals surface area contributed by atoms with Crippen LogP contribution in [0.1, 0.15) is 23.5 Å². The first kappa shape index (κ1) is 11.9. The molecule has 2 aromatic rings. The zero-order valence-corrected chi connectivity index (χ0v) is 10.0. The maximum Gasteiger partial charge on any atom is -0.00713 e. The minimum atomic E-state index is 0.531. The largest absolute Gasteiger partial charge is 0.330 e. The molecule has 2 aromatic carbocycles. The number of nitrogens with two attached hydrogens (primary N) is 1. The van der Waals surface area contributed by atoms with Gasteiger partial charge in [-0.1, -0.05) is 60.7 Å². The Hall–Kier alpha value is -1.60. The highest BCUT2D eigenvalue weighted by atomic mass is 14.5. The Kier molecular flexibility index (Phi) is 4.34. The molecular formula is C16H19N. The molecule has 0 radical (unpaired) electrons. The molecule has 0 aliphatic carbocycles. The van der Waals surface area contributed by atoms with Gasteiger partial charge in [-0.15, -0.1) is 0 Å². The summed E-state index contributed by atoms with van der Waals surface area (Å²) in [7, 11) is 0. The number of hydrogen-bond donors (Lipinski definition) is 1. The molecule has 0 spiro atoms. The van der Waals surface area contributed by atoms with E-state index < -0.39 is 0 Å². The van der Waals surface area contributed by atoms with Crippen LogP contribution < -0.4 is 5.73 Å². The summed E-state index contributed by atoms with van der Waals surface area (Å²) in [5.74, 6) is 0.531. The fraction of sp³-hybridized carbons (Fsp3) is 0.250. The van der Waals surface area contributed by atoms with Gasteiger partial charge in [-0.25, -0.2) is 0 Å². The Labute approximate surface area is 103 Å². The first-order valence-electron chi connectivity index (χ1n) is 6.19. The van der Waals surface area contributed by atoms with Gasteiger partial charge in [0.1, 0.15) is 0 Å². The molecule has 2 N–H and O–H groups in total. The van der Waals surface area contributed by atoms with Crippen LogP contribution in [0.15, 0.2) is 60.7 Å². The molecule has 0 amide bonds. The highest BCUT2D eigenvalue weighted by Crippen LogP contribution is 2.23. The van der Waals surface area contributed by atoms with Gasteiger partial charge >= 0.3 is 0 Å². The van der Waals surface area contributed by atoms with Crippen molar-refractivity contribution in [3.05, 3.63) is 71.8 Å². The van der Waals surface area contributed by atoms with E-state index in [9.17, 15) is 0 Å². The minimum Gasteiger partial charge on any atom is -0.330 e. The van der Waals surface area contributed by atoms with Crippen LogP contribution in [0.25, 0.3) is 0 Å². The van der Waals surface area contributed by atoms with Crippen LogP contribution in [0.4, 0.5) is 0 Å². The van der Waals surface area contributed by atoms with Crippen molar-refractivity contribution >= 4 is 0 Å². The van der Waals surface area contributed by atoms with Crippen LogP contribution in [0.2, 0.25) is 0 Å². The van der Waals surface area contributed by atoms with Crippen molar-refractivity contribution in [1.29, 1.82) is 0 Å². The van der Waals surface area contributed by atoms with E-state index in [4.69, 9.17) is 5.73 Å². The smallest absolute Gasteiger partial charge is 0.00713 e. The predicted octanol–water partition coefficient (Wildman–Crippen LogP) is 3.36. The highest BCUT2D eigenvalue weighted by molar-refractivity contribution is 5.24. The highest BCUT2D eigenvalue weighted by Gasteiger charge is 2.10. The SMILES string of the molecule is NCCC(Cc1ccccc1)c1ccccc1. The van der Waals surface area contributed by atoms with E-state index in [0.29, 0.717) is 5.92 Å². The maximum atomic E-state index is 5.72. The van der Waals surface area contributed by atoms with Gasteiger partial charge in [0.15, 0.2) is 0 Å². The molecule has 1 nitrogen and oxygen atoms in total. The van der Waals surface area contributed by atoms with Crippen molar-refractivity contribution in [3.8, 4) is 0 Å². The van der Waals surface area contributed by atoms with Crippen molar-refractivity contribution < 1.29 is 0 Å². The van der Waals surface area contributed by atoms with E-state index in [2.05, 4.69) is 60.7 Å². The molecule has 2 rings (SSSR count). The third kappa shape index (κ3) is 3.43. The van der Waals surface area contributed by atoms with E-state index >= 15 is 0 Å². The molecule has 1 unspecified atom stereocenters. The second-order valence-electron chi connectivity index (χ2n) is 4.37. The van der Waals surface area contributed by atoms with Crippen molar-refractivity contribution in [3.63, 3.8) is 0 Å². The summed E-state index contributed by atoms with van der Waals surface area (Å²) in [6, 6.07) is 21.3. The van der Waals surface area contributed by atoms with Crippen molar-refractivity contribution in [1.82, 2.24) is 0 Å². The lowest BCUT2D eigenvalue weighted by atomic mass is 9.89. The molecule has 17 heavy (non-hydrogen) atoms. The zero-order chi connectivity index (χ0) is 11.9.